The molecule has 1 aliphatic carbocycles. The topological polar surface area (TPSA) is 52.0 Å². The van der Waals surface area contributed by atoms with Crippen molar-refractivity contribution in [2.45, 2.75) is 31.8 Å². The summed E-state index contributed by atoms with van der Waals surface area (Å²) in [6.45, 7) is 0.705. The van der Waals surface area contributed by atoms with E-state index in [9.17, 15) is 0 Å². The average molecular weight is 272 g/mol. The lowest BCUT2D eigenvalue weighted by Crippen LogP contribution is -2.25. The highest BCUT2D eigenvalue weighted by molar-refractivity contribution is 5.39. The van der Waals surface area contributed by atoms with Crippen molar-refractivity contribution in [3.63, 3.8) is 0 Å². The van der Waals surface area contributed by atoms with Gasteiger partial charge in [-0.2, -0.15) is 5.10 Å². The van der Waals surface area contributed by atoms with E-state index in [1.54, 1.807) is 18.1 Å². The number of aromatic nitrogens is 3. The van der Waals surface area contributed by atoms with Crippen LogP contribution in [0.3, 0.4) is 0 Å². The minimum atomic E-state index is 0.383. The Bertz CT molecular complexity index is 593. The average Bonchev–Trinajstić information content (AvgIpc) is 2.90. The first-order valence-electron chi connectivity index (χ1n) is 7.01. The van der Waals surface area contributed by atoms with Crippen LogP contribution in [0.25, 0.3) is 0 Å². The quantitative estimate of drug-likeness (QED) is 0.925. The summed E-state index contributed by atoms with van der Waals surface area (Å²) >= 11 is 0. The minimum absolute atomic E-state index is 0.383. The van der Waals surface area contributed by atoms with Gasteiger partial charge in [-0.25, -0.2) is 4.98 Å². The predicted octanol–water partition coefficient (Wildman–Crippen LogP) is 1.99. The molecule has 1 unspecified atom stereocenters. The molecule has 5 heteroatoms. The third-order valence-electron chi connectivity index (χ3n) is 3.82. The number of rotatable bonds is 4. The van der Waals surface area contributed by atoms with Crippen LogP contribution < -0.4 is 10.1 Å². The molecular weight excluding hydrogens is 252 g/mol. The molecule has 1 atom stereocenters. The Morgan fingerprint density at radius 1 is 1.45 bits per heavy atom. The molecule has 1 N–H and O–H groups in total. The number of nitrogens with one attached hydrogen (secondary N) is 1. The molecular formula is C15H20N4O. The smallest absolute Gasteiger partial charge is 0.164 e. The molecule has 1 heterocycles. The Morgan fingerprint density at radius 2 is 2.35 bits per heavy atom. The van der Waals surface area contributed by atoms with Gasteiger partial charge in [0.2, 0.25) is 0 Å². The number of aryl methyl sites for hydroxylation is 2. The summed E-state index contributed by atoms with van der Waals surface area (Å²) in [5, 5.41) is 7.87. The zero-order valence-electron chi connectivity index (χ0n) is 12.0. The normalized spacial score (nSPS) is 17.8. The molecule has 0 saturated carbocycles. The number of fused-ring (bicyclic) bond motifs is 1. The van der Waals surface area contributed by atoms with E-state index in [1.165, 1.54) is 17.5 Å². The van der Waals surface area contributed by atoms with Crippen LogP contribution in [0.5, 0.6) is 5.75 Å². The van der Waals surface area contributed by atoms with Crippen LogP contribution in [0, 0.1) is 0 Å². The van der Waals surface area contributed by atoms with Crippen LogP contribution in [0.15, 0.2) is 24.5 Å². The fourth-order valence-corrected chi connectivity index (χ4v) is 2.81. The van der Waals surface area contributed by atoms with Crippen molar-refractivity contribution in [3.05, 3.63) is 41.5 Å². The van der Waals surface area contributed by atoms with Gasteiger partial charge in [-0.15, -0.1) is 0 Å². The number of hydrogen-bond acceptors (Lipinski definition) is 4. The van der Waals surface area contributed by atoms with Gasteiger partial charge in [-0.1, -0.05) is 6.07 Å². The number of ether oxygens (including phenoxy) is 1. The van der Waals surface area contributed by atoms with Crippen molar-refractivity contribution in [2.24, 2.45) is 7.05 Å². The third kappa shape index (κ3) is 2.67. The zero-order valence-corrected chi connectivity index (χ0v) is 12.0. The van der Waals surface area contributed by atoms with Crippen LogP contribution in [0.4, 0.5) is 0 Å². The summed E-state index contributed by atoms with van der Waals surface area (Å²) in [6.07, 6.45) is 5.23. The Kier molecular flexibility index (Phi) is 3.69. The van der Waals surface area contributed by atoms with Crippen molar-refractivity contribution in [1.29, 1.82) is 0 Å². The third-order valence-corrected chi connectivity index (χ3v) is 3.82. The molecule has 1 aromatic carbocycles. The number of benzene rings is 1. The standard InChI is InChI=1S/C15H20N4O/c1-19-10-17-15(18-19)9-16-14-5-3-4-11-8-12(20-2)6-7-13(11)14/h6-8,10,14,16H,3-5,9H2,1-2H3. The van der Waals surface area contributed by atoms with Crippen LogP contribution in [-0.4, -0.2) is 21.9 Å². The molecule has 0 fully saturated rings. The molecule has 0 bridgehead atoms. The van der Waals surface area contributed by atoms with E-state index < -0.39 is 0 Å². The van der Waals surface area contributed by atoms with Gasteiger partial charge in [0.1, 0.15) is 12.1 Å². The maximum atomic E-state index is 5.30. The first-order valence-corrected chi connectivity index (χ1v) is 7.01. The summed E-state index contributed by atoms with van der Waals surface area (Å²) in [4.78, 5) is 4.25. The van der Waals surface area contributed by atoms with Crippen molar-refractivity contribution in [1.82, 2.24) is 20.1 Å². The van der Waals surface area contributed by atoms with Gasteiger partial charge in [-0.05, 0) is 42.5 Å². The first kappa shape index (κ1) is 13.1. The molecule has 5 nitrogen and oxygen atoms in total. The fraction of sp³-hybridized carbons (Fsp3) is 0.467. The molecule has 20 heavy (non-hydrogen) atoms. The first-order chi connectivity index (χ1) is 9.76. The van der Waals surface area contributed by atoms with E-state index in [4.69, 9.17) is 4.74 Å². The second-order valence-corrected chi connectivity index (χ2v) is 5.22. The summed E-state index contributed by atoms with van der Waals surface area (Å²) in [5.41, 5.74) is 2.77. The van der Waals surface area contributed by atoms with Gasteiger partial charge >= 0.3 is 0 Å². The molecule has 0 radical (unpaired) electrons. The van der Waals surface area contributed by atoms with Crippen LogP contribution in [0.2, 0.25) is 0 Å². The molecule has 1 aromatic heterocycles. The van der Waals surface area contributed by atoms with Gasteiger partial charge in [0.15, 0.2) is 5.82 Å². The maximum Gasteiger partial charge on any atom is 0.164 e. The van der Waals surface area contributed by atoms with Gasteiger partial charge in [-0.3, -0.25) is 4.68 Å². The van der Waals surface area contributed by atoms with E-state index in [1.807, 2.05) is 13.1 Å². The van der Waals surface area contributed by atoms with Crippen molar-refractivity contribution < 1.29 is 4.74 Å². The van der Waals surface area contributed by atoms with Gasteiger partial charge in [0.25, 0.3) is 0 Å². The van der Waals surface area contributed by atoms with Crippen molar-refractivity contribution in [2.75, 3.05) is 7.11 Å². The summed E-state index contributed by atoms with van der Waals surface area (Å²) in [5.74, 6) is 1.78. The molecule has 0 amide bonds. The largest absolute Gasteiger partial charge is 0.497 e. The summed E-state index contributed by atoms with van der Waals surface area (Å²) in [7, 11) is 3.60. The Morgan fingerprint density at radius 3 is 3.10 bits per heavy atom. The Labute approximate surface area is 119 Å². The lowest BCUT2D eigenvalue weighted by Gasteiger charge is -2.26. The predicted molar refractivity (Wildman–Crippen MR) is 76.5 cm³/mol. The van der Waals surface area contributed by atoms with Gasteiger partial charge in [0.05, 0.1) is 13.7 Å². The highest BCUT2D eigenvalue weighted by Gasteiger charge is 2.20. The molecule has 1 aliphatic rings. The molecule has 2 aromatic rings. The lowest BCUT2D eigenvalue weighted by atomic mass is 9.87. The maximum absolute atomic E-state index is 5.30. The SMILES string of the molecule is COc1ccc2c(c1)CCCC2NCc1ncn(C)n1. The van der Waals surface area contributed by atoms with Crippen LogP contribution in [0.1, 0.15) is 35.8 Å². The molecule has 3 rings (SSSR count). The second-order valence-electron chi connectivity index (χ2n) is 5.22. The fourth-order valence-electron chi connectivity index (χ4n) is 2.81. The summed E-state index contributed by atoms with van der Waals surface area (Å²) in [6, 6.07) is 6.75. The highest BCUT2D eigenvalue weighted by Crippen LogP contribution is 2.32. The minimum Gasteiger partial charge on any atom is -0.497 e. The monoisotopic (exact) mass is 272 g/mol. The van der Waals surface area contributed by atoms with E-state index in [0.29, 0.717) is 12.6 Å². The van der Waals surface area contributed by atoms with Crippen molar-refractivity contribution in [3.8, 4) is 5.75 Å². The number of nitrogens with zero attached hydrogens (tertiary/aromatic N) is 3. The molecule has 106 valence electrons. The van der Waals surface area contributed by atoms with Crippen LogP contribution >= 0.6 is 0 Å². The number of methoxy groups -OCH3 is 1. The number of hydrogen-bond donors (Lipinski definition) is 1. The molecule has 0 saturated heterocycles. The molecule has 0 aliphatic heterocycles. The van der Waals surface area contributed by atoms with Crippen LogP contribution in [-0.2, 0) is 20.0 Å². The van der Waals surface area contributed by atoms with E-state index in [-0.39, 0.29) is 0 Å². The Balaban J connectivity index is 1.73. The Hall–Kier alpha value is -1.88. The van der Waals surface area contributed by atoms with Gasteiger partial charge in [0, 0.05) is 13.1 Å². The van der Waals surface area contributed by atoms with Crippen molar-refractivity contribution >= 4 is 0 Å². The lowest BCUT2D eigenvalue weighted by molar-refractivity contribution is 0.410. The molecule has 0 spiro atoms. The zero-order chi connectivity index (χ0) is 13.9. The van der Waals surface area contributed by atoms with E-state index in [2.05, 4.69) is 27.5 Å². The van der Waals surface area contributed by atoms with E-state index in [0.717, 1.165) is 24.4 Å². The van der Waals surface area contributed by atoms with Gasteiger partial charge < -0.3 is 10.1 Å². The van der Waals surface area contributed by atoms with E-state index >= 15 is 0 Å². The summed E-state index contributed by atoms with van der Waals surface area (Å²) < 4.78 is 7.04. The highest BCUT2D eigenvalue weighted by atomic mass is 16.5. The second kappa shape index (κ2) is 5.63.